The fraction of sp³-hybridized carbons (Fsp3) is 0.0714. The highest BCUT2D eigenvalue weighted by Crippen LogP contribution is 2.30. The molecule has 0 bridgehead atoms. The van der Waals surface area contributed by atoms with Gasteiger partial charge in [0, 0.05) is 19.4 Å². The van der Waals surface area contributed by atoms with Gasteiger partial charge in [-0.2, -0.15) is 0 Å². The molecule has 0 aliphatic heterocycles. The van der Waals surface area contributed by atoms with Crippen LogP contribution in [0.1, 0.15) is 10.4 Å². The van der Waals surface area contributed by atoms with Crippen LogP contribution < -0.4 is 0 Å². The number of benzene rings is 1. The second-order valence-corrected chi connectivity index (χ2v) is 4.32. The normalized spacial score (nSPS) is 10.9. The molecule has 1 N–H and O–H groups in total. The number of carboxylic acids is 1. The van der Waals surface area contributed by atoms with E-state index in [1.807, 2.05) is 0 Å². The number of hydrogen-bond donors (Lipinski definition) is 1. The van der Waals surface area contributed by atoms with Crippen LogP contribution in [0, 0.1) is 5.82 Å². The minimum absolute atomic E-state index is 0.0715. The van der Waals surface area contributed by atoms with E-state index >= 15 is 0 Å². The molecule has 0 amide bonds. The Morgan fingerprint density at radius 2 is 1.85 bits per heavy atom. The summed E-state index contributed by atoms with van der Waals surface area (Å²) in [4.78, 5) is 19.8. The van der Waals surface area contributed by atoms with Crippen LogP contribution >= 0.6 is 0 Å². The average Bonchev–Trinajstić information content (AvgIpc) is 2.74. The van der Waals surface area contributed by atoms with Crippen LogP contribution in [0.15, 0.2) is 36.7 Å². The van der Waals surface area contributed by atoms with Gasteiger partial charge in [0.25, 0.3) is 0 Å². The van der Waals surface area contributed by atoms with Gasteiger partial charge >= 0.3 is 5.97 Å². The van der Waals surface area contributed by atoms with Gasteiger partial charge < -0.3 is 9.67 Å². The summed E-state index contributed by atoms with van der Waals surface area (Å²) in [6, 6.07) is 5.66. The monoisotopic (exact) mass is 271 g/mol. The Balaban J connectivity index is 2.39. The molecule has 1 aromatic carbocycles. The summed E-state index contributed by atoms with van der Waals surface area (Å²) in [5, 5.41) is 9.44. The van der Waals surface area contributed by atoms with Crippen molar-refractivity contribution >= 4 is 17.1 Å². The van der Waals surface area contributed by atoms with Crippen LogP contribution in [0.2, 0.25) is 0 Å². The van der Waals surface area contributed by atoms with Gasteiger partial charge in [0.15, 0.2) is 5.65 Å². The second kappa shape index (κ2) is 4.41. The van der Waals surface area contributed by atoms with Crippen molar-refractivity contribution in [2.45, 2.75) is 0 Å². The van der Waals surface area contributed by atoms with Crippen molar-refractivity contribution in [3.05, 3.63) is 48.0 Å². The van der Waals surface area contributed by atoms with E-state index in [4.69, 9.17) is 0 Å². The molecule has 3 rings (SSSR count). The fourth-order valence-corrected chi connectivity index (χ4v) is 2.29. The lowest BCUT2D eigenvalue weighted by Gasteiger charge is -2.05. The van der Waals surface area contributed by atoms with Crippen LogP contribution in [0.4, 0.5) is 4.39 Å². The number of nitrogens with zero attached hydrogens (tertiary/aromatic N) is 3. The molecule has 0 spiro atoms. The highest BCUT2D eigenvalue weighted by atomic mass is 19.1. The van der Waals surface area contributed by atoms with Crippen LogP contribution in [-0.2, 0) is 7.05 Å². The molecule has 5 nitrogen and oxygen atoms in total. The largest absolute Gasteiger partial charge is 0.478 e. The molecule has 20 heavy (non-hydrogen) atoms. The van der Waals surface area contributed by atoms with Crippen molar-refractivity contribution in [1.82, 2.24) is 14.5 Å². The molecule has 100 valence electrons. The van der Waals surface area contributed by atoms with E-state index in [9.17, 15) is 14.3 Å². The first-order valence-electron chi connectivity index (χ1n) is 5.88. The van der Waals surface area contributed by atoms with E-state index in [0.29, 0.717) is 22.4 Å². The van der Waals surface area contributed by atoms with Gasteiger partial charge in [0.2, 0.25) is 0 Å². The third-order valence-electron chi connectivity index (χ3n) is 3.14. The zero-order chi connectivity index (χ0) is 14.3. The number of hydrogen-bond acceptors (Lipinski definition) is 3. The number of rotatable bonds is 2. The molecular weight excluding hydrogens is 261 g/mol. The van der Waals surface area contributed by atoms with Crippen molar-refractivity contribution in [3.63, 3.8) is 0 Å². The Morgan fingerprint density at radius 1 is 1.20 bits per heavy atom. The van der Waals surface area contributed by atoms with Crippen molar-refractivity contribution in [2.75, 3.05) is 0 Å². The van der Waals surface area contributed by atoms with Crippen molar-refractivity contribution < 1.29 is 14.3 Å². The molecule has 0 fully saturated rings. The summed E-state index contributed by atoms with van der Waals surface area (Å²) in [6.45, 7) is 0. The third kappa shape index (κ3) is 1.73. The van der Waals surface area contributed by atoms with E-state index < -0.39 is 5.97 Å². The lowest BCUT2D eigenvalue weighted by atomic mass is 10.1. The van der Waals surface area contributed by atoms with Crippen LogP contribution in [0.3, 0.4) is 0 Å². The number of aromatic nitrogens is 3. The van der Waals surface area contributed by atoms with E-state index in [0.717, 1.165) is 0 Å². The first kappa shape index (κ1) is 12.3. The summed E-state index contributed by atoms with van der Waals surface area (Å²) in [5.74, 6) is -1.46. The number of halogens is 1. The molecule has 0 atom stereocenters. The summed E-state index contributed by atoms with van der Waals surface area (Å²) >= 11 is 0. The van der Waals surface area contributed by atoms with Gasteiger partial charge in [-0.1, -0.05) is 0 Å². The molecule has 0 saturated heterocycles. The molecule has 0 aliphatic rings. The van der Waals surface area contributed by atoms with Crippen molar-refractivity contribution in [2.24, 2.45) is 7.05 Å². The Morgan fingerprint density at radius 3 is 2.50 bits per heavy atom. The lowest BCUT2D eigenvalue weighted by Crippen LogP contribution is -2.00. The number of carboxylic acid groups (broad SMARTS) is 1. The second-order valence-electron chi connectivity index (χ2n) is 4.32. The summed E-state index contributed by atoms with van der Waals surface area (Å²) < 4.78 is 14.7. The first-order chi connectivity index (χ1) is 9.59. The molecule has 0 aliphatic carbocycles. The maximum absolute atomic E-state index is 13.0. The van der Waals surface area contributed by atoms with Gasteiger partial charge in [0.1, 0.15) is 16.9 Å². The Bertz CT molecular complexity index is 809. The number of fused-ring (bicyclic) bond motifs is 1. The first-order valence-corrected chi connectivity index (χ1v) is 5.88. The van der Waals surface area contributed by atoms with Gasteiger partial charge in [-0.25, -0.2) is 14.2 Å². The molecule has 2 aromatic heterocycles. The molecule has 6 heteroatoms. The predicted molar refractivity (Wildman–Crippen MR) is 70.9 cm³/mol. The van der Waals surface area contributed by atoms with E-state index in [-0.39, 0.29) is 11.4 Å². The molecule has 0 radical (unpaired) electrons. The van der Waals surface area contributed by atoms with Crippen molar-refractivity contribution in [1.29, 1.82) is 0 Å². The summed E-state index contributed by atoms with van der Waals surface area (Å²) in [5.41, 5.74) is 1.93. The summed E-state index contributed by atoms with van der Waals surface area (Å²) in [6.07, 6.45) is 2.95. The zero-order valence-electron chi connectivity index (χ0n) is 10.5. The highest BCUT2D eigenvalue weighted by Gasteiger charge is 2.23. The molecular formula is C14H10FN3O2. The molecule has 0 unspecified atom stereocenters. The number of aromatic carboxylic acids is 1. The van der Waals surface area contributed by atoms with Crippen LogP contribution in [-0.4, -0.2) is 25.6 Å². The zero-order valence-corrected chi connectivity index (χ0v) is 10.5. The molecule has 0 saturated carbocycles. The SMILES string of the molecule is Cn1c(-c2ccc(F)cc2)c(C(=O)O)c2nccnc21. The van der Waals surface area contributed by atoms with Crippen LogP contribution in [0.5, 0.6) is 0 Å². The number of aryl methyl sites for hydroxylation is 1. The highest BCUT2D eigenvalue weighted by molar-refractivity contribution is 6.07. The topological polar surface area (TPSA) is 68.0 Å². The smallest absolute Gasteiger partial charge is 0.340 e. The van der Waals surface area contributed by atoms with E-state index in [1.54, 1.807) is 11.6 Å². The van der Waals surface area contributed by atoms with Gasteiger partial charge in [0.05, 0.1) is 5.69 Å². The third-order valence-corrected chi connectivity index (χ3v) is 3.14. The minimum atomic E-state index is -1.09. The van der Waals surface area contributed by atoms with E-state index in [2.05, 4.69) is 9.97 Å². The quantitative estimate of drug-likeness (QED) is 0.777. The average molecular weight is 271 g/mol. The minimum Gasteiger partial charge on any atom is -0.478 e. The van der Waals surface area contributed by atoms with E-state index in [1.165, 1.54) is 36.7 Å². The van der Waals surface area contributed by atoms with Gasteiger partial charge in [-0.15, -0.1) is 0 Å². The Labute approximate surface area is 113 Å². The molecule has 2 heterocycles. The van der Waals surface area contributed by atoms with Gasteiger partial charge in [-0.05, 0) is 29.8 Å². The Kier molecular flexibility index (Phi) is 2.71. The number of carbonyl (C=O) groups is 1. The predicted octanol–water partition coefficient (Wildman–Crippen LogP) is 2.47. The summed E-state index contributed by atoms with van der Waals surface area (Å²) in [7, 11) is 1.71. The van der Waals surface area contributed by atoms with Crippen LogP contribution in [0.25, 0.3) is 22.4 Å². The van der Waals surface area contributed by atoms with Crippen molar-refractivity contribution in [3.8, 4) is 11.3 Å². The fourth-order valence-electron chi connectivity index (χ4n) is 2.29. The lowest BCUT2D eigenvalue weighted by molar-refractivity contribution is 0.0699. The maximum Gasteiger partial charge on any atom is 0.340 e. The van der Waals surface area contributed by atoms with Gasteiger partial charge in [-0.3, -0.25) is 4.98 Å². The Hall–Kier alpha value is -2.76. The molecule has 3 aromatic rings. The maximum atomic E-state index is 13.0. The standard InChI is InChI=1S/C14H10FN3O2/c1-18-12(8-2-4-9(15)5-3-8)10(14(19)20)11-13(18)17-7-6-16-11/h2-7H,1H3,(H,19,20).